The third kappa shape index (κ3) is 2.27. The van der Waals surface area contributed by atoms with Crippen molar-refractivity contribution >= 4 is 43.9 Å². The molecule has 0 bridgehead atoms. The van der Waals surface area contributed by atoms with E-state index in [-0.39, 0.29) is 0 Å². The van der Waals surface area contributed by atoms with Crippen LogP contribution in [0, 0.1) is 13.8 Å². The maximum atomic E-state index is 6.48. The van der Waals surface area contributed by atoms with Gasteiger partial charge in [-0.3, -0.25) is 0 Å². The van der Waals surface area contributed by atoms with Gasteiger partial charge in [0.15, 0.2) is 6.20 Å². The van der Waals surface area contributed by atoms with Gasteiger partial charge < -0.3 is 8.83 Å². The standard InChI is InChI=1S/C26H20NO2/c1-15-8-11-21(27(3)14-15)25-16(2)9-10-18-20-13-23-19(12-24(20)29-26(18)25)17-6-4-5-7-22(17)28-23/h4-14H,1-3H3/q+1. The first-order valence-electron chi connectivity index (χ1n) is 9.84. The normalized spacial score (nSPS) is 12.0. The fourth-order valence-corrected chi connectivity index (χ4v) is 4.48. The Bertz CT molecular complexity index is 1580. The highest BCUT2D eigenvalue weighted by molar-refractivity contribution is 6.16. The fraction of sp³-hybridized carbons (Fsp3) is 0.115. The van der Waals surface area contributed by atoms with E-state index in [2.05, 4.69) is 74.1 Å². The van der Waals surface area contributed by atoms with Gasteiger partial charge in [-0.25, -0.2) is 4.57 Å². The van der Waals surface area contributed by atoms with E-state index >= 15 is 0 Å². The maximum Gasteiger partial charge on any atom is 0.216 e. The number of aryl methyl sites for hydroxylation is 3. The van der Waals surface area contributed by atoms with Gasteiger partial charge in [0, 0.05) is 33.2 Å². The van der Waals surface area contributed by atoms with Gasteiger partial charge in [-0.2, -0.15) is 0 Å². The molecule has 6 rings (SSSR count). The summed E-state index contributed by atoms with van der Waals surface area (Å²) in [6.45, 7) is 4.25. The molecule has 0 aliphatic carbocycles. The molecule has 0 N–H and O–H groups in total. The molecule has 140 valence electrons. The molecule has 29 heavy (non-hydrogen) atoms. The smallest absolute Gasteiger partial charge is 0.216 e. The second-order valence-electron chi connectivity index (χ2n) is 7.88. The number of nitrogens with zero attached hydrogens (tertiary/aromatic N) is 1. The Balaban J connectivity index is 1.73. The molecule has 0 aliphatic rings. The SMILES string of the molecule is Cc1ccc(-c2c(C)ccc3c2oc2cc4c(cc23)oc2ccccc24)[n+](C)c1. The first-order chi connectivity index (χ1) is 14.1. The maximum absolute atomic E-state index is 6.48. The molecule has 0 spiro atoms. The molecule has 3 heterocycles. The Morgan fingerprint density at radius 1 is 0.690 bits per heavy atom. The lowest BCUT2D eigenvalue weighted by atomic mass is 10.00. The van der Waals surface area contributed by atoms with Gasteiger partial charge in [-0.15, -0.1) is 0 Å². The molecule has 0 unspecified atom stereocenters. The molecular weight excluding hydrogens is 358 g/mol. The summed E-state index contributed by atoms with van der Waals surface area (Å²) in [6.07, 6.45) is 2.15. The van der Waals surface area contributed by atoms with Crippen molar-refractivity contribution in [3.63, 3.8) is 0 Å². The van der Waals surface area contributed by atoms with Crippen molar-refractivity contribution in [1.82, 2.24) is 0 Å². The average molecular weight is 378 g/mol. The van der Waals surface area contributed by atoms with Gasteiger partial charge in [-0.1, -0.05) is 30.3 Å². The number of hydrogen-bond donors (Lipinski definition) is 0. The second kappa shape index (κ2) is 5.71. The molecule has 3 heteroatoms. The molecule has 0 amide bonds. The van der Waals surface area contributed by atoms with Crippen LogP contribution in [-0.4, -0.2) is 0 Å². The quantitative estimate of drug-likeness (QED) is 0.302. The average Bonchev–Trinajstić information content (AvgIpc) is 3.24. The van der Waals surface area contributed by atoms with Crippen LogP contribution in [0.15, 0.2) is 75.7 Å². The van der Waals surface area contributed by atoms with Crippen molar-refractivity contribution in [1.29, 1.82) is 0 Å². The number of fused-ring (bicyclic) bond motifs is 6. The molecule has 0 aliphatic heterocycles. The first-order valence-corrected chi connectivity index (χ1v) is 9.84. The van der Waals surface area contributed by atoms with Gasteiger partial charge in [0.1, 0.15) is 29.4 Å². The second-order valence-corrected chi connectivity index (χ2v) is 7.88. The topological polar surface area (TPSA) is 30.2 Å². The first kappa shape index (κ1) is 16.4. The van der Waals surface area contributed by atoms with Crippen molar-refractivity contribution in [2.24, 2.45) is 7.05 Å². The van der Waals surface area contributed by atoms with E-state index < -0.39 is 0 Å². The summed E-state index contributed by atoms with van der Waals surface area (Å²) in [5.41, 5.74) is 8.34. The summed E-state index contributed by atoms with van der Waals surface area (Å²) in [7, 11) is 2.09. The Morgan fingerprint density at radius 2 is 1.45 bits per heavy atom. The lowest BCUT2D eigenvalue weighted by Gasteiger charge is -2.05. The zero-order valence-corrected chi connectivity index (χ0v) is 16.6. The zero-order valence-electron chi connectivity index (χ0n) is 16.6. The molecule has 0 saturated carbocycles. The Hall–Kier alpha value is -3.59. The Labute approximate surface area is 167 Å². The summed E-state index contributed by atoms with van der Waals surface area (Å²) < 4.78 is 14.7. The van der Waals surface area contributed by atoms with Crippen molar-refractivity contribution in [3.05, 3.63) is 78.0 Å². The summed E-state index contributed by atoms with van der Waals surface area (Å²) in [5, 5.41) is 4.41. The highest BCUT2D eigenvalue weighted by Gasteiger charge is 2.21. The van der Waals surface area contributed by atoms with Crippen LogP contribution < -0.4 is 4.57 Å². The minimum atomic E-state index is 0.890. The third-order valence-corrected chi connectivity index (χ3v) is 5.88. The van der Waals surface area contributed by atoms with Gasteiger partial charge in [0.05, 0.1) is 5.56 Å². The predicted octanol–water partition coefficient (Wildman–Crippen LogP) is 6.59. The van der Waals surface area contributed by atoms with Gasteiger partial charge in [0.2, 0.25) is 5.69 Å². The van der Waals surface area contributed by atoms with Crippen LogP contribution in [0.25, 0.3) is 55.1 Å². The number of para-hydroxylation sites is 1. The predicted molar refractivity (Wildman–Crippen MR) is 117 cm³/mol. The molecule has 3 nitrogen and oxygen atoms in total. The van der Waals surface area contributed by atoms with Crippen LogP contribution in [0.2, 0.25) is 0 Å². The highest BCUT2D eigenvalue weighted by atomic mass is 16.3. The van der Waals surface area contributed by atoms with Crippen LogP contribution in [0.3, 0.4) is 0 Å². The molecule has 3 aromatic carbocycles. The minimum absolute atomic E-state index is 0.890. The van der Waals surface area contributed by atoms with E-state index in [1.54, 1.807) is 0 Å². The van der Waals surface area contributed by atoms with Crippen molar-refractivity contribution < 1.29 is 13.4 Å². The molecule has 0 saturated heterocycles. The highest BCUT2D eigenvalue weighted by Crippen LogP contribution is 2.40. The van der Waals surface area contributed by atoms with Crippen LogP contribution >= 0.6 is 0 Å². The molecular formula is C26H20NO2+. The van der Waals surface area contributed by atoms with E-state index in [0.717, 1.165) is 55.1 Å². The number of benzene rings is 3. The lowest BCUT2D eigenvalue weighted by molar-refractivity contribution is -0.660. The largest absolute Gasteiger partial charge is 0.456 e. The Kier molecular flexibility index (Phi) is 3.22. The van der Waals surface area contributed by atoms with Crippen LogP contribution in [0.5, 0.6) is 0 Å². The minimum Gasteiger partial charge on any atom is -0.456 e. The summed E-state index contributed by atoms with van der Waals surface area (Å²) in [5.74, 6) is 0. The van der Waals surface area contributed by atoms with Crippen LogP contribution in [0.4, 0.5) is 0 Å². The number of furan rings is 2. The van der Waals surface area contributed by atoms with Gasteiger partial charge >= 0.3 is 0 Å². The van der Waals surface area contributed by atoms with E-state index in [0.29, 0.717) is 0 Å². The van der Waals surface area contributed by atoms with Crippen molar-refractivity contribution in [3.8, 4) is 11.3 Å². The van der Waals surface area contributed by atoms with Gasteiger partial charge in [-0.05, 0) is 43.7 Å². The van der Waals surface area contributed by atoms with Crippen molar-refractivity contribution in [2.45, 2.75) is 13.8 Å². The summed E-state index contributed by atoms with van der Waals surface area (Å²) >= 11 is 0. The summed E-state index contributed by atoms with van der Waals surface area (Å²) in [4.78, 5) is 0. The van der Waals surface area contributed by atoms with E-state index in [1.165, 1.54) is 11.1 Å². The van der Waals surface area contributed by atoms with Crippen LogP contribution in [0.1, 0.15) is 11.1 Å². The molecule has 0 radical (unpaired) electrons. The molecule has 0 fully saturated rings. The number of aromatic nitrogens is 1. The van der Waals surface area contributed by atoms with Crippen molar-refractivity contribution in [2.75, 3.05) is 0 Å². The number of hydrogen-bond acceptors (Lipinski definition) is 2. The summed E-state index contributed by atoms with van der Waals surface area (Å²) in [6, 6.07) is 21.0. The van der Waals surface area contributed by atoms with E-state index in [9.17, 15) is 0 Å². The lowest BCUT2D eigenvalue weighted by Crippen LogP contribution is -2.31. The molecule has 3 aromatic heterocycles. The monoisotopic (exact) mass is 378 g/mol. The van der Waals surface area contributed by atoms with Gasteiger partial charge in [0.25, 0.3) is 0 Å². The molecule has 0 atom stereocenters. The van der Waals surface area contributed by atoms with E-state index in [1.807, 2.05) is 18.2 Å². The fourth-order valence-electron chi connectivity index (χ4n) is 4.48. The Morgan fingerprint density at radius 3 is 2.28 bits per heavy atom. The van der Waals surface area contributed by atoms with Crippen LogP contribution in [-0.2, 0) is 7.05 Å². The number of rotatable bonds is 1. The third-order valence-electron chi connectivity index (χ3n) is 5.88. The zero-order chi connectivity index (χ0) is 19.7. The molecule has 6 aromatic rings. The van der Waals surface area contributed by atoms with E-state index in [4.69, 9.17) is 8.83 Å². The number of pyridine rings is 1.